The Hall–Kier alpha value is -1.89. The third-order valence-corrected chi connectivity index (χ3v) is 5.07. The summed E-state index contributed by atoms with van der Waals surface area (Å²) >= 11 is 12.4. The molecule has 0 amide bonds. The Morgan fingerprint density at radius 1 is 1.16 bits per heavy atom. The molecule has 1 N–H and O–H groups in total. The Labute approximate surface area is 155 Å². The van der Waals surface area contributed by atoms with Gasteiger partial charge in [0.1, 0.15) is 11.3 Å². The van der Waals surface area contributed by atoms with Gasteiger partial charge in [-0.25, -0.2) is 14.6 Å². The highest BCUT2D eigenvalue weighted by Gasteiger charge is 2.19. The third-order valence-electron chi connectivity index (χ3n) is 4.51. The Morgan fingerprint density at radius 3 is 2.72 bits per heavy atom. The maximum atomic E-state index is 6.37. The molecule has 1 aliphatic rings. The van der Waals surface area contributed by atoms with Gasteiger partial charge in [0.05, 0.1) is 18.4 Å². The normalized spacial score (nSPS) is 16.4. The van der Waals surface area contributed by atoms with Gasteiger partial charge in [0, 0.05) is 36.2 Å². The van der Waals surface area contributed by atoms with Crippen LogP contribution < -0.4 is 10.2 Å². The van der Waals surface area contributed by atoms with Gasteiger partial charge in [-0.1, -0.05) is 29.3 Å². The van der Waals surface area contributed by atoms with Crippen molar-refractivity contribution < 1.29 is 0 Å². The van der Waals surface area contributed by atoms with Crippen molar-refractivity contribution >= 4 is 40.2 Å². The zero-order valence-electron chi connectivity index (χ0n) is 13.8. The highest BCUT2D eigenvalue weighted by molar-refractivity contribution is 6.35. The zero-order chi connectivity index (χ0) is 17.4. The number of aromatic nitrogens is 4. The molecule has 1 unspecified atom stereocenters. The van der Waals surface area contributed by atoms with Crippen LogP contribution in [-0.4, -0.2) is 45.9 Å². The fourth-order valence-electron chi connectivity index (χ4n) is 3.11. The van der Waals surface area contributed by atoms with Gasteiger partial charge in [0.15, 0.2) is 5.65 Å². The smallest absolute Gasteiger partial charge is 0.179 e. The van der Waals surface area contributed by atoms with Crippen molar-refractivity contribution in [2.24, 2.45) is 0 Å². The Kier molecular flexibility index (Phi) is 4.50. The van der Waals surface area contributed by atoms with Crippen molar-refractivity contribution in [3.8, 4) is 0 Å². The van der Waals surface area contributed by atoms with Gasteiger partial charge in [-0.05, 0) is 24.6 Å². The first-order valence-electron chi connectivity index (χ1n) is 8.24. The van der Waals surface area contributed by atoms with Crippen molar-refractivity contribution in [3.63, 3.8) is 0 Å². The van der Waals surface area contributed by atoms with E-state index in [2.05, 4.69) is 20.3 Å². The predicted octanol–water partition coefficient (Wildman–Crippen LogP) is 3.15. The lowest BCUT2D eigenvalue weighted by Crippen LogP contribution is -2.43. The number of nitrogens with one attached hydrogen (secondary N) is 1. The van der Waals surface area contributed by atoms with Gasteiger partial charge in [0.2, 0.25) is 0 Å². The lowest BCUT2D eigenvalue weighted by Gasteiger charge is -2.28. The number of rotatable bonds is 3. The van der Waals surface area contributed by atoms with Gasteiger partial charge in [-0.3, -0.25) is 0 Å². The molecule has 3 heterocycles. The predicted molar refractivity (Wildman–Crippen MR) is 101 cm³/mol. The molecule has 0 bridgehead atoms. The number of halogens is 2. The van der Waals surface area contributed by atoms with Crippen LogP contribution in [0.15, 0.2) is 30.6 Å². The number of anilines is 1. The van der Waals surface area contributed by atoms with Crippen LogP contribution in [0, 0.1) is 0 Å². The minimum absolute atomic E-state index is 0.0742. The van der Waals surface area contributed by atoms with E-state index in [0.29, 0.717) is 10.0 Å². The minimum atomic E-state index is -0.0742. The van der Waals surface area contributed by atoms with Crippen molar-refractivity contribution in [1.29, 1.82) is 0 Å². The first-order valence-corrected chi connectivity index (χ1v) is 9.00. The second-order valence-electron chi connectivity index (χ2n) is 6.11. The largest absolute Gasteiger partial charge is 0.353 e. The maximum Gasteiger partial charge on any atom is 0.179 e. The van der Waals surface area contributed by atoms with Crippen LogP contribution in [0.5, 0.6) is 0 Å². The van der Waals surface area contributed by atoms with Crippen molar-refractivity contribution in [3.05, 3.63) is 46.2 Å². The lowest BCUT2D eigenvalue weighted by molar-refractivity contribution is 0.573. The van der Waals surface area contributed by atoms with E-state index in [4.69, 9.17) is 28.2 Å². The summed E-state index contributed by atoms with van der Waals surface area (Å²) in [5.41, 5.74) is 2.48. The molecule has 1 aromatic carbocycles. The highest BCUT2D eigenvalue weighted by atomic mass is 35.5. The second-order valence-corrected chi connectivity index (χ2v) is 6.95. The first kappa shape index (κ1) is 16.6. The molecule has 0 radical (unpaired) electrons. The number of hydrogen-bond acceptors (Lipinski definition) is 5. The molecular weight excluding hydrogens is 359 g/mol. The van der Waals surface area contributed by atoms with Crippen LogP contribution in [0.2, 0.25) is 10.0 Å². The van der Waals surface area contributed by atoms with E-state index >= 15 is 0 Å². The molecule has 6 nitrogen and oxygen atoms in total. The molecular formula is C17H18Cl2N6. The van der Waals surface area contributed by atoms with Crippen LogP contribution in [-0.2, 0) is 0 Å². The summed E-state index contributed by atoms with van der Waals surface area (Å²) in [6, 6.07) is 5.44. The van der Waals surface area contributed by atoms with E-state index in [9.17, 15) is 0 Å². The molecule has 1 fully saturated rings. The number of hydrogen-bond donors (Lipinski definition) is 1. The fourth-order valence-corrected chi connectivity index (χ4v) is 3.68. The van der Waals surface area contributed by atoms with Crippen molar-refractivity contribution in [2.75, 3.05) is 31.1 Å². The Balaban J connectivity index is 1.73. The number of nitrogens with zero attached hydrogens (tertiary/aromatic N) is 5. The van der Waals surface area contributed by atoms with E-state index in [1.54, 1.807) is 12.3 Å². The van der Waals surface area contributed by atoms with E-state index in [-0.39, 0.29) is 6.04 Å². The molecule has 8 heteroatoms. The monoisotopic (exact) mass is 376 g/mol. The average molecular weight is 377 g/mol. The molecule has 2 aromatic heterocycles. The topological polar surface area (TPSA) is 58.9 Å². The molecule has 4 rings (SSSR count). The van der Waals surface area contributed by atoms with Crippen LogP contribution in [0.3, 0.4) is 0 Å². The van der Waals surface area contributed by atoms with Gasteiger partial charge >= 0.3 is 0 Å². The van der Waals surface area contributed by atoms with Gasteiger partial charge in [0.25, 0.3) is 0 Å². The Morgan fingerprint density at radius 2 is 1.96 bits per heavy atom. The molecule has 25 heavy (non-hydrogen) atoms. The van der Waals surface area contributed by atoms with Gasteiger partial charge in [-0.2, -0.15) is 5.10 Å². The molecule has 1 saturated heterocycles. The summed E-state index contributed by atoms with van der Waals surface area (Å²) in [5, 5.41) is 9.07. The SMILES string of the molecule is CC(c1ccc(Cl)cc1Cl)n1ncc2ncc(N3CCNCC3)nc21. The maximum absolute atomic E-state index is 6.37. The minimum Gasteiger partial charge on any atom is -0.353 e. The van der Waals surface area contributed by atoms with Crippen LogP contribution >= 0.6 is 23.2 Å². The van der Waals surface area contributed by atoms with E-state index in [0.717, 1.165) is 48.7 Å². The quantitative estimate of drug-likeness (QED) is 0.760. The van der Waals surface area contributed by atoms with Crippen LogP contribution in [0.25, 0.3) is 11.2 Å². The van der Waals surface area contributed by atoms with Gasteiger partial charge < -0.3 is 10.2 Å². The second kappa shape index (κ2) is 6.78. The molecule has 0 spiro atoms. The summed E-state index contributed by atoms with van der Waals surface area (Å²) in [6.45, 7) is 5.80. The van der Waals surface area contributed by atoms with Gasteiger partial charge in [-0.15, -0.1) is 0 Å². The zero-order valence-corrected chi connectivity index (χ0v) is 15.3. The number of fused-ring (bicyclic) bond motifs is 1. The van der Waals surface area contributed by atoms with E-state index in [1.165, 1.54) is 0 Å². The molecule has 130 valence electrons. The number of benzene rings is 1. The molecule has 3 aromatic rings. The van der Waals surface area contributed by atoms with Crippen molar-refractivity contribution in [1.82, 2.24) is 25.1 Å². The standard InChI is InChI=1S/C17H18Cl2N6/c1-11(13-3-2-12(18)8-14(13)19)25-17-15(9-22-25)21-10-16(23-17)24-6-4-20-5-7-24/h2-3,8-11,20H,4-7H2,1H3. The molecule has 1 atom stereocenters. The number of piperazine rings is 1. The highest BCUT2D eigenvalue weighted by Crippen LogP contribution is 2.30. The lowest BCUT2D eigenvalue weighted by atomic mass is 10.1. The van der Waals surface area contributed by atoms with E-state index < -0.39 is 0 Å². The third kappa shape index (κ3) is 3.17. The van der Waals surface area contributed by atoms with Crippen LogP contribution in [0.4, 0.5) is 5.82 Å². The fraction of sp³-hybridized carbons (Fsp3) is 0.353. The Bertz CT molecular complexity index is 903. The average Bonchev–Trinajstić information content (AvgIpc) is 3.05. The summed E-state index contributed by atoms with van der Waals surface area (Å²) in [5.74, 6) is 0.880. The molecule has 0 aliphatic carbocycles. The van der Waals surface area contributed by atoms with Crippen molar-refractivity contribution in [2.45, 2.75) is 13.0 Å². The summed E-state index contributed by atoms with van der Waals surface area (Å²) < 4.78 is 1.86. The summed E-state index contributed by atoms with van der Waals surface area (Å²) in [4.78, 5) is 11.6. The molecule has 1 aliphatic heterocycles. The first-order chi connectivity index (χ1) is 12.1. The van der Waals surface area contributed by atoms with E-state index in [1.807, 2.05) is 29.9 Å². The van der Waals surface area contributed by atoms with Crippen LogP contribution in [0.1, 0.15) is 18.5 Å². The summed E-state index contributed by atoms with van der Waals surface area (Å²) in [6.07, 6.45) is 3.56. The molecule has 0 saturated carbocycles. The summed E-state index contributed by atoms with van der Waals surface area (Å²) in [7, 11) is 0.